The summed E-state index contributed by atoms with van der Waals surface area (Å²) in [5, 5.41) is 3.40. The SMILES string of the molecule is CCCNCc1cnc(N(C)Cc2ccccn2)c(C)c1. The van der Waals surface area contributed by atoms with Gasteiger partial charge in [-0.15, -0.1) is 0 Å². The molecule has 0 aromatic carbocycles. The third-order valence-electron chi connectivity index (χ3n) is 3.35. The van der Waals surface area contributed by atoms with Gasteiger partial charge in [0.2, 0.25) is 0 Å². The third kappa shape index (κ3) is 4.53. The van der Waals surface area contributed by atoms with Crippen molar-refractivity contribution >= 4 is 5.82 Å². The minimum absolute atomic E-state index is 0.766. The Morgan fingerprint density at radius 1 is 1.24 bits per heavy atom. The Labute approximate surface area is 127 Å². The Morgan fingerprint density at radius 3 is 2.76 bits per heavy atom. The summed E-state index contributed by atoms with van der Waals surface area (Å²) in [5.74, 6) is 1.01. The van der Waals surface area contributed by atoms with Crippen LogP contribution in [0.2, 0.25) is 0 Å². The van der Waals surface area contributed by atoms with Crippen LogP contribution in [-0.2, 0) is 13.1 Å². The van der Waals surface area contributed by atoms with Gasteiger partial charge in [0.15, 0.2) is 0 Å². The Bertz CT molecular complexity index is 554. The first kappa shape index (κ1) is 15.4. The molecule has 4 nitrogen and oxygen atoms in total. The van der Waals surface area contributed by atoms with E-state index in [0.29, 0.717) is 0 Å². The lowest BCUT2D eigenvalue weighted by Gasteiger charge is -2.20. The van der Waals surface area contributed by atoms with E-state index in [1.807, 2.05) is 30.6 Å². The molecule has 0 spiro atoms. The number of nitrogens with zero attached hydrogens (tertiary/aromatic N) is 3. The molecule has 2 aromatic heterocycles. The van der Waals surface area contributed by atoms with Gasteiger partial charge < -0.3 is 10.2 Å². The number of nitrogens with one attached hydrogen (secondary N) is 1. The lowest BCUT2D eigenvalue weighted by Crippen LogP contribution is -2.20. The van der Waals surface area contributed by atoms with Crippen molar-refractivity contribution in [2.75, 3.05) is 18.5 Å². The second-order valence-corrected chi connectivity index (χ2v) is 5.34. The van der Waals surface area contributed by atoms with Crippen LogP contribution in [0.5, 0.6) is 0 Å². The molecule has 112 valence electrons. The number of aryl methyl sites for hydroxylation is 1. The van der Waals surface area contributed by atoms with Crippen molar-refractivity contribution in [2.45, 2.75) is 33.4 Å². The molecule has 4 heteroatoms. The number of rotatable bonds is 7. The zero-order valence-electron chi connectivity index (χ0n) is 13.1. The Balaban J connectivity index is 2.02. The van der Waals surface area contributed by atoms with E-state index >= 15 is 0 Å². The normalized spacial score (nSPS) is 10.6. The molecule has 0 saturated carbocycles. The highest BCUT2D eigenvalue weighted by Crippen LogP contribution is 2.18. The number of hydrogen-bond acceptors (Lipinski definition) is 4. The summed E-state index contributed by atoms with van der Waals surface area (Å²) in [6, 6.07) is 8.19. The number of anilines is 1. The van der Waals surface area contributed by atoms with Crippen molar-refractivity contribution in [3.63, 3.8) is 0 Å². The first-order valence-electron chi connectivity index (χ1n) is 7.48. The minimum Gasteiger partial charge on any atom is -0.354 e. The molecule has 0 aliphatic rings. The molecule has 0 atom stereocenters. The third-order valence-corrected chi connectivity index (χ3v) is 3.35. The molecule has 0 radical (unpaired) electrons. The molecule has 0 fully saturated rings. The number of pyridine rings is 2. The summed E-state index contributed by atoms with van der Waals surface area (Å²) in [7, 11) is 2.05. The van der Waals surface area contributed by atoms with Gasteiger partial charge in [0.25, 0.3) is 0 Å². The van der Waals surface area contributed by atoms with Gasteiger partial charge in [-0.2, -0.15) is 0 Å². The predicted octanol–water partition coefficient (Wildman–Crippen LogP) is 2.92. The average molecular weight is 284 g/mol. The fourth-order valence-corrected chi connectivity index (χ4v) is 2.34. The summed E-state index contributed by atoms with van der Waals surface area (Å²) in [4.78, 5) is 11.1. The van der Waals surface area contributed by atoms with Gasteiger partial charge in [0.1, 0.15) is 5.82 Å². The van der Waals surface area contributed by atoms with Crippen LogP contribution in [0.15, 0.2) is 36.7 Å². The lowest BCUT2D eigenvalue weighted by molar-refractivity contribution is 0.673. The van der Waals surface area contributed by atoms with Gasteiger partial charge in [-0.25, -0.2) is 4.98 Å². The van der Waals surface area contributed by atoms with Crippen molar-refractivity contribution in [1.29, 1.82) is 0 Å². The molecule has 2 rings (SSSR count). The molecule has 2 aromatic rings. The van der Waals surface area contributed by atoms with Crippen LogP contribution >= 0.6 is 0 Å². The zero-order chi connectivity index (χ0) is 15.1. The molecule has 0 aliphatic heterocycles. The van der Waals surface area contributed by atoms with Crippen LogP contribution in [0.4, 0.5) is 5.82 Å². The summed E-state index contributed by atoms with van der Waals surface area (Å²) < 4.78 is 0. The van der Waals surface area contributed by atoms with Gasteiger partial charge in [-0.3, -0.25) is 4.98 Å². The van der Waals surface area contributed by atoms with Crippen LogP contribution in [0.3, 0.4) is 0 Å². The topological polar surface area (TPSA) is 41.1 Å². The predicted molar refractivity (Wildman–Crippen MR) is 87.3 cm³/mol. The number of hydrogen-bond donors (Lipinski definition) is 1. The molecular formula is C17H24N4. The van der Waals surface area contributed by atoms with Crippen LogP contribution in [0.25, 0.3) is 0 Å². The van der Waals surface area contributed by atoms with E-state index < -0.39 is 0 Å². The van der Waals surface area contributed by atoms with Crippen molar-refractivity contribution in [3.8, 4) is 0 Å². The van der Waals surface area contributed by atoms with Crippen molar-refractivity contribution < 1.29 is 0 Å². The molecular weight excluding hydrogens is 260 g/mol. The standard InChI is InChI=1S/C17H24N4/c1-4-8-18-11-15-10-14(2)17(20-12-15)21(3)13-16-7-5-6-9-19-16/h5-7,9-10,12,18H,4,8,11,13H2,1-3H3. The van der Waals surface area contributed by atoms with Gasteiger partial charge in [0.05, 0.1) is 12.2 Å². The fraction of sp³-hybridized carbons (Fsp3) is 0.412. The van der Waals surface area contributed by atoms with E-state index in [1.54, 1.807) is 0 Å². The average Bonchev–Trinajstić information content (AvgIpc) is 2.48. The smallest absolute Gasteiger partial charge is 0.131 e. The van der Waals surface area contributed by atoms with Gasteiger partial charge >= 0.3 is 0 Å². The molecule has 0 unspecified atom stereocenters. The van der Waals surface area contributed by atoms with E-state index in [4.69, 9.17) is 0 Å². The summed E-state index contributed by atoms with van der Waals surface area (Å²) in [6.45, 7) is 6.97. The highest BCUT2D eigenvalue weighted by atomic mass is 15.2. The highest BCUT2D eigenvalue weighted by Gasteiger charge is 2.08. The van der Waals surface area contributed by atoms with Gasteiger partial charge in [-0.1, -0.05) is 13.0 Å². The van der Waals surface area contributed by atoms with Crippen LogP contribution in [0.1, 0.15) is 30.2 Å². The fourth-order valence-electron chi connectivity index (χ4n) is 2.34. The Kier molecular flexibility index (Phi) is 5.69. The highest BCUT2D eigenvalue weighted by molar-refractivity contribution is 5.46. The summed E-state index contributed by atoms with van der Waals surface area (Å²) >= 11 is 0. The molecule has 0 saturated heterocycles. The monoisotopic (exact) mass is 284 g/mol. The lowest BCUT2D eigenvalue weighted by atomic mass is 10.2. The molecule has 2 heterocycles. The van der Waals surface area contributed by atoms with E-state index in [-0.39, 0.29) is 0 Å². The van der Waals surface area contributed by atoms with Crippen LogP contribution in [-0.4, -0.2) is 23.6 Å². The summed E-state index contributed by atoms with van der Waals surface area (Å²) in [6.07, 6.45) is 4.93. The van der Waals surface area contributed by atoms with E-state index in [1.165, 1.54) is 11.1 Å². The largest absolute Gasteiger partial charge is 0.354 e. The maximum absolute atomic E-state index is 4.61. The molecule has 1 N–H and O–H groups in total. The van der Waals surface area contributed by atoms with Gasteiger partial charge in [-0.05, 0) is 49.2 Å². The quantitative estimate of drug-likeness (QED) is 0.794. The van der Waals surface area contributed by atoms with Crippen LogP contribution in [0, 0.1) is 6.92 Å². The number of aromatic nitrogens is 2. The first-order valence-corrected chi connectivity index (χ1v) is 7.48. The Morgan fingerprint density at radius 2 is 2.10 bits per heavy atom. The zero-order valence-corrected chi connectivity index (χ0v) is 13.1. The Hall–Kier alpha value is -1.94. The van der Waals surface area contributed by atoms with Crippen molar-refractivity contribution in [1.82, 2.24) is 15.3 Å². The van der Waals surface area contributed by atoms with E-state index in [9.17, 15) is 0 Å². The first-order chi connectivity index (χ1) is 10.2. The van der Waals surface area contributed by atoms with Crippen LogP contribution < -0.4 is 10.2 Å². The molecule has 0 aliphatic carbocycles. The maximum Gasteiger partial charge on any atom is 0.131 e. The second-order valence-electron chi connectivity index (χ2n) is 5.34. The molecule has 0 bridgehead atoms. The maximum atomic E-state index is 4.61. The van der Waals surface area contributed by atoms with Crippen molar-refractivity contribution in [2.24, 2.45) is 0 Å². The summed E-state index contributed by atoms with van der Waals surface area (Å²) in [5.41, 5.74) is 3.48. The van der Waals surface area contributed by atoms with E-state index in [0.717, 1.165) is 37.6 Å². The molecule has 21 heavy (non-hydrogen) atoms. The van der Waals surface area contributed by atoms with Crippen molar-refractivity contribution in [3.05, 3.63) is 53.5 Å². The molecule has 0 amide bonds. The minimum atomic E-state index is 0.766. The second kappa shape index (κ2) is 7.74. The van der Waals surface area contributed by atoms with E-state index in [2.05, 4.69) is 47.1 Å². The van der Waals surface area contributed by atoms with Gasteiger partial charge in [0, 0.05) is 26.0 Å².